The van der Waals surface area contributed by atoms with Gasteiger partial charge in [-0.1, -0.05) is 0 Å². The van der Waals surface area contributed by atoms with Crippen LogP contribution in [0.15, 0.2) is 18.7 Å². The lowest BCUT2D eigenvalue weighted by molar-refractivity contribution is 0.446. The molecular formula is C11H23N5O2S. The maximum Gasteiger partial charge on any atom is 0.279 e. The number of nitrogens with zero attached hydrogens (tertiary/aromatic N) is 3. The summed E-state index contributed by atoms with van der Waals surface area (Å²) in [4.78, 5) is 3.93. The first kappa shape index (κ1) is 16.1. The normalized spacial score (nSPS) is 12.2. The summed E-state index contributed by atoms with van der Waals surface area (Å²) >= 11 is 0. The highest BCUT2D eigenvalue weighted by Gasteiger charge is 2.15. The summed E-state index contributed by atoms with van der Waals surface area (Å²) in [5.41, 5.74) is 0. The molecule has 1 heterocycles. The molecule has 19 heavy (non-hydrogen) atoms. The lowest BCUT2D eigenvalue weighted by Gasteiger charge is -2.17. The monoisotopic (exact) mass is 289 g/mol. The van der Waals surface area contributed by atoms with Crippen LogP contribution in [0.1, 0.15) is 12.8 Å². The van der Waals surface area contributed by atoms with Gasteiger partial charge in [0.15, 0.2) is 0 Å². The Morgan fingerprint density at radius 2 is 2.11 bits per heavy atom. The van der Waals surface area contributed by atoms with Crippen molar-refractivity contribution in [2.45, 2.75) is 19.4 Å². The second-order valence-corrected chi connectivity index (χ2v) is 6.19. The van der Waals surface area contributed by atoms with Crippen LogP contribution in [0.5, 0.6) is 0 Å². The van der Waals surface area contributed by atoms with Crippen molar-refractivity contribution >= 4 is 10.2 Å². The largest absolute Gasteiger partial charge is 0.337 e. The van der Waals surface area contributed by atoms with Crippen LogP contribution in [0.4, 0.5) is 0 Å². The summed E-state index contributed by atoms with van der Waals surface area (Å²) in [5, 5.41) is 2.99. The van der Waals surface area contributed by atoms with Crippen LogP contribution >= 0.6 is 0 Å². The molecule has 2 N–H and O–H groups in total. The lowest BCUT2D eigenvalue weighted by Crippen LogP contribution is -2.39. The van der Waals surface area contributed by atoms with Gasteiger partial charge in [-0.3, -0.25) is 0 Å². The zero-order valence-corrected chi connectivity index (χ0v) is 12.4. The Morgan fingerprint density at radius 1 is 1.32 bits per heavy atom. The van der Waals surface area contributed by atoms with Gasteiger partial charge < -0.3 is 9.88 Å². The van der Waals surface area contributed by atoms with Crippen molar-refractivity contribution < 1.29 is 8.42 Å². The van der Waals surface area contributed by atoms with E-state index in [2.05, 4.69) is 15.0 Å². The topological polar surface area (TPSA) is 79.3 Å². The van der Waals surface area contributed by atoms with E-state index in [0.29, 0.717) is 13.1 Å². The van der Waals surface area contributed by atoms with Gasteiger partial charge in [-0.25, -0.2) is 9.71 Å². The molecule has 8 heteroatoms. The molecular weight excluding hydrogens is 266 g/mol. The van der Waals surface area contributed by atoms with Crippen molar-refractivity contribution in [1.29, 1.82) is 0 Å². The van der Waals surface area contributed by atoms with Gasteiger partial charge in [0.25, 0.3) is 10.2 Å². The summed E-state index contributed by atoms with van der Waals surface area (Å²) in [7, 11) is 0.0901. The number of nitrogens with one attached hydrogen (secondary N) is 2. The average molecular weight is 289 g/mol. The number of hydrogen-bond acceptors (Lipinski definition) is 4. The Morgan fingerprint density at radius 3 is 2.74 bits per heavy atom. The van der Waals surface area contributed by atoms with Crippen LogP contribution in [0.2, 0.25) is 0 Å². The molecule has 0 aliphatic rings. The minimum atomic E-state index is -3.35. The van der Waals surface area contributed by atoms with Crippen molar-refractivity contribution in [3.63, 3.8) is 0 Å². The third-order valence-corrected chi connectivity index (χ3v) is 4.32. The second kappa shape index (κ2) is 8.26. The SMILES string of the molecule is CNCCCN(C)S(=O)(=O)NCCCn1ccnc1. The number of imidazole rings is 1. The van der Waals surface area contributed by atoms with E-state index in [1.807, 2.05) is 17.8 Å². The summed E-state index contributed by atoms with van der Waals surface area (Å²) < 4.78 is 29.6. The molecule has 110 valence electrons. The quantitative estimate of drug-likeness (QED) is 0.577. The van der Waals surface area contributed by atoms with Crippen LogP contribution in [0.3, 0.4) is 0 Å². The number of aromatic nitrogens is 2. The minimum absolute atomic E-state index is 0.427. The van der Waals surface area contributed by atoms with Crippen LogP contribution in [-0.2, 0) is 16.8 Å². The molecule has 7 nitrogen and oxygen atoms in total. The molecule has 0 aromatic carbocycles. The molecule has 1 aromatic rings. The molecule has 0 aliphatic carbocycles. The van der Waals surface area contributed by atoms with Crippen molar-refractivity contribution in [2.75, 3.05) is 33.7 Å². The van der Waals surface area contributed by atoms with Gasteiger partial charge >= 0.3 is 0 Å². The van der Waals surface area contributed by atoms with Crippen molar-refractivity contribution in [2.24, 2.45) is 0 Å². The molecule has 0 unspecified atom stereocenters. The predicted molar refractivity (Wildman–Crippen MR) is 74.9 cm³/mol. The fourth-order valence-corrected chi connectivity index (χ4v) is 2.58. The van der Waals surface area contributed by atoms with Crippen molar-refractivity contribution in [3.8, 4) is 0 Å². The van der Waals surface area contributed by atoms with E-state index < -0.39 is 10.2 Å². The first-order valence-corrected chi connectivity index (χ1v) is 7.81. The van der Waals surface area contributed by atoms with Crippen LogP contribution in [-0.4, -0.2) is 56.0 Å². The third kappa shape index (κ3) is 6.15. The summed E-state index contributed by atoms with van der Waals surface area (Å²) in [5.74, 6) is 0. The molecule has 0 aliphatic heterocycles. The number of hydrogen-bond donors (Lipinski definition) is 2. The lowest BCUT2D eigenvalue weighted by atomic mass is 10.4. The molecule has 0 fully saturated rings. The van der Waals surface area contributed by atoms with Gasteiger partial charge in [-0.2, -0.15) is 12.7 Å². The first-order valence-electron chi connectivity index (χ1n) is 6.37. The van der Waals surface area contributed by atoms with E-state index in [4.69, 9.17) is 0 Å². The number of rotatable bonds is 10. The molecule has 0 radical (unpaired) electrons. The average Bonchev–Trinajstić information content (AvgIpc) is 2.88. The fourth-order valence-electron chi connectivity index (χ4n) is 1.59. The molecule has 0 amide bonds. The van der Waals surface area contributed by atoms with Gasteiger partial charge in [-0.05, 0) is 26.4 Å². The van der Waals surface area contributed by atoms with Crippen LogP contribution in [0.25, 0.3) is 0 Å². The van der Waals surface area contributed by atoms with Crippen LogP contribution < -0.4 is 10.0 Å². The van der Waals surface area contributed by atoms with E-state index >= 15 is 0 Å². The van der Waals surface area contributed by atoms with Gasteiger partial charge in [0.2, 0.25) is 0 Å². The summed E-state index contributed by atoms with van der Waals surface area (Å²) in [6.07, 6.45) is 6.82. The zero-order valence-electron chi connectivity index (χ0n) is 11.5. The van der Waals surface area contributed by atoms with Crippen LogP contribution in [0, 0.1) is 0 Å². The summed E-state index contributed by atoms with van der Waals surface area (Å²) in [6.45, 7) is 2.50. The maximum atomic E-state index is 11.9. The molecule has 0 atom stereocenters. The Kier molecular flexibility index (Phi) is 7.00. The Bertz CT molecular complexity index is 432. The molecule has 0 saturated carbocycles. The Balaban J connectivity index is 2.22. The zero-order chi connectivity index (χ0) is 14.1. The highest BCUT2D eigenvalue weighted by atomic mass is 32.2. The molecule has 0 spiro atoms. The maximum absolute atomic E-state index is 11.9. The fraction of sp³-hybridized carbons (Fsp3) is 0.727. The van der Waals surface area contributed by atoms with Gasteiger partial charge in [0, 0.05) is 39.1 Å². The van der Waals surface area contributed by atoms with Gasteiger partial charge in [0.05, 0.1) is 6.33 Å². The van der Waals surface area contributed by atoms with E-state index in [-0.39, 0.29) is 0 Å². The van der Waals surface area contributed by atoms with E-state index in [1.165, 1.54) is 4.31 Å². The molecule has 0 bridgehead atoms. The van der Waals surface area contributed by atoms with E-state index in [9.17, 15) is 8.42 Å². The van der Waals surface area contributed by atoms with E-state index in [1.54, 1.807) is 19.6 Å². The van der Waals surface area contributed by atoms with Gasteiger partial charge in [0.1, 0.15) is 0 Å². The van der Waals surface area contributed by atoms with Crippen molar-refractivity contribution in [1.82, 2.24) is 23.9 Å². The highest BCUT2D eigenvalue weighted by Crippen LogP contribution is 1.96. The smallest absolute Gasteiger partial charge is 0.279 e. The standard InChI is InChI=1S/C11H23N5O2S/c1-12-5-3-8-15(2)19(17,18)14-6-4-9-16-10-7-13-11-16/h7,10-12,14H,3-6,8-9H2,1-2H3. The Hall–Kier alpha value is -0.960. The Labute approximate surface area is 115 Å². The van der Waals surface area contributed by atoms with Crippen molar-refractivity contribution in [3.05, 3.63) is 18.7 Å². The molecule has 1 rings (SSSR count). The summed E-state index contributed by atoms with van der Waals surface area (Å²) in [6, 6.07) is 0. The highest BCUT2D eigenvalue weighted by molar-refractivity contribution is 7.87. The van der Waals surface area contributed by atoms with E-state index in [0.717, 1.165) is 25.9 Å². The third-order valence-electron chi connectivity index (χ3n) is 2.75. The minimum Gasteiger partial charge on any atom is -0.337 e. The van der Waals surface area contributed by atoms with Gasteiger partial charge in [-0.15, -0.1) is 0 Å². The number of aryl methyl sites for hydroxylation is 1. The molecule has 1 aromatic heterocycles. The second-order valence-electron chi connectivity index (χ2n) is 4.33. The molecule has 0 saturated heterocycles. The first-order chi connectivity index (χ1) is 9.06. The predicted octanol–water partition coefficient (Wildman–Crippen LogP) is -0.351.